The minimum atomic E-state index is -2.08. The van der Waals surface area contributed by atoms with Gasteiger partial charge < -0.3 is 124 Å². The third-order valence-corrected chi connectivity index (χ3v) is 11.7. The van der Waals surface area contributed by atoms with Crippen molar-refractivity contribution in [3.05, 3.63) is 0 Å². The van der Waals surface area contributed by atoms with E-state index in [2.05, 4.69) is 4.74 Å². The third-order valence-electron chi connectivity index (χ3n) is 11.7. The van der Waals surface area contributed by atoms with Crippen LogP contribution in [0.15, 0.2) is 0 Å². The van der Waals surface area contributed by atoms with Crippen molar-refractivity contribution < 1.29 is 128 Å². The van der Waals surface area contributed by atoms with E-state index >= 15 is 0 Å². The number of aliphatic hydroxyl groups is 14. The fourth-order valence-electron chi connectivity index (χ4n) is 7.75. The van der Waals surface area contributed by atoms with Crippen LogP contribution in [0.4, 0.5) is 0 Å². The van der Waals surface area contributed by atoms with Crippen molar-refractivity contribution in [2.24, 2.45) is 0 Å². The molecule has 0 saturated carbocycles. The molecule has 0 aromatic carbocycles. The summed E-state index contributed by atoms with van der Waals surface area (Å²) in [7, 11) is 1.24. The van der Waals surface area contributed by atoms with Crippen LogP contribution in [0.2, 0.25) is 0 Å². The highest BCUT2D eigenvalue weighted by Gasteiger charge is 2.57. The highest BCUT2D eigenvalue weighted by atomic mass is 16.8. The second-order valence-electron chi connectivity index (χ2n) is 16.2. The van der Waals surface area contributed by atoms with Crippen molar-refractivity contribution in [2.45, 2.75) is 193 Å². The average molecular weight is 925 g/mol. The number of esters is 1. The predicted octanol–water partition coefficient (Wildman–Crippen LogP) is -8.11. The number of ether oxygens (including phenoxy) is 11. The van der Waals surface area contributed by atoms with Crippen LogP contribution in [0.3, 0.4) is 0 Å². The molecule has 0 spiro atoms. The summed E-state index contributed by atoms with van der Waals surface area (Å²) >= 11 is 0. The van der Waals surface area contributed by atoms with Crippen LogP contribution in [-0.4, -0.2) is 265 Å². The number of carbonyl (C=O) groups excluding carboxylic acids is 1. The standard InChI is InChI=1S/C37H64O26/c1-12-18(41)22(45)27(50)34(56-12)61-30-16(11-55-33-26(49)24(47)20(43)14(9-38)58-33)60-37(54-8-6-4-5-7-17(40)53-3)32(63-35-28(51)23(46)19(42)13(2)57-35)31(30)62-36-29(52)25(48)21(44)15(10-39)59-36/h12-16,18-39,41-52H,4-11H2,1-3H3/t12-,13-,14+,15+,16+,18+,19+,20-,21-,22+,23+,24-,25-,26+,27-,28-,29+,30-,31-,32+,33+,34-,35-,36+,37+/m0/s1. The van der Waals surface area contributed by atoms with Crippen LogP contribution in [0.25, 0.3) is 0 Å². The Morgan fingerprint density at radius 2 is 0.873 bits per heavy atom. The van der Waals surface area contributed by atoms with Crippen LogP contribution in [0.5, 0.6) is 0 Å². The fraction of sp³-hybridized carbons (Fsp3) is 0.973. The summed E-state index contributed by atoms with van der Waals surface area (Å²) in [6.07, 6.45) is -42.7. The lowest BCUT2D eigenvalue weighted by atomic mass is 9.95. The Kier molecular flexibility index (Phi) is 19.6. The van der Waals surface area contributed by atoms with Gasteiger partial charge in [0, 0.05) is 13.0 Å². The van der Waals surface area contributed by atoms with Gasteiger partial charge in [-0.2, -0.15) is 0 Å². The SMILES string of the molecule is COC(=O)CCCCCO[C@@H]1O[C@H](CO[C@@H]2O[C@H](CO)[C@H](O)[C@H](O)[C@H]2O)[C@H](O[C@@H]2O[C@@H](C)[C@@H](O)[C@@H](O)[C@@H]2O)[C@H](O[C@H]2O[C@H](CO)[C@H](O)[C@H](O)[C@H]2O)[C@H]1O[C@@H]1O[C@@H](C)[C@@H](O)[C@@H](O)[C@@H]1O. The number of hydrogen-bond donors (Lipinski definition) is 14. The van der Waals surface area contributed by atoms with E-state index in [1.807, 2.05) is 0 Å². The molecule has 0 unspecified atom stereocenters. The van der Waals surface area contributed by atoms with E-state index in [4.69, 9.17) is 47.4 Å². The quantitative estimate of drug-likeness (QED) is 0.0448. The first kappa shape index (κ1) is 52.5. The van der Waals surface area contributed by atoms with E-state index in [9.17, 15) is 76.3 Å². The molecular formula is C37H64O26. The summed E-state index contributed by atoms with van der Waals surface area (Å²) < 4.78 is 64.4. The maximum atomic E-state index is 11.7. The highest BCUT2D eigenvalue weighted by molar-refractivity contribution is 5.68. The maximum absolute atomic E-state index is 11.7. The monoisotopic (exact) mass is 924 g/mol. The Labute approximate surface area is 360 Å². The first-order valence-corrected chi connectivity index (χ1v) is 20.8. The van der Waals surface area contributed by atoms with E-state index in [-0.39, 0.29) is 19.4 Å². The summed E-state index contributed by atoms with van der Waals surface area (Å²) in [5.41, 5.74) is 0. The van der Waals surface area contributed by atoms with Gasteiger partial charge in [-0.3, -0.25) is 4.79 Å². The van der Waals surface area contributed by atoms with Crippen molar-refractivity contribution in [1.29, 1.82) is 0 Å². The smallest absolute Gasteiger partial charge is 0.305 e. The van der Waals surface area contributed by atoms with Gasteiger partial charge in [0.05, 0.1) is 39.1 Å². The van der Waals surface area contributed by atoms with Crippen molar-refractivity contribution in [3.8, 4) is 0 Å². The van der Waals surface area contributed by atoms with Crippen LogP contribution in [0, 0.1) is 0 Å². The van der Waals surface area contributed by atoms with Gasteiger partial charge in [-0.15, -0.1) is 0 Å². The molecule has 5 heterocycles. The van der Waals surface area contributed by atoms with Crippen molar-refractivity contribution in [3.63, 3.8) is 0 Å². The maximum Gasteiger partial charge on any atom is 0.305 e. The largest absolute Gasteiger partial charge is 0.469 e. The summed E-state index contributed by atoms with van der Waals surface area (Å²) in [4.78, 5) is 11.7. The zero-order valence-electron chi connectivity index (χ0n) is 34.8. The topological polar surface area (TPSA) is 402 Å². The van der Waals surface area contributed by atoms with E-state index in [0.717, 1.165) is 0 Å². The molecule has 5 saturated heterocycles. The Morgan fingerprint density at radius 1 is 0.444 bits per heavy atom. The molecule has 25 atom stereocenters. The first-order chi connectivity index (χ1) is 29.8. The van der Waals surface area contributed by atoms with Gasteiger partial charge in [0.1, 0.15) is 110 Å². The average Bonchev–Trinajstić information content (AvgIpc) is 3.27. The van der Waals surface area contributed by atoms with E-state index in [1.54, 1.807) is 0 Å². The van der Waals surface area contributed by atoms with Crippen molar-refractivity contribution >= 4 is 5.97 Å². The molecule has 0 bridgehead atoms. The van der Waals surface area contributed by atoms with Crippen molar-refractivity contribution in [1.82, 2.24) is 0 Å². The van der Waals surface area contributed by atoms with Crippen LogP contribution in [0.1, 0.15) is 39.5 Å². The van der Waals surface area contributed by atoms with Crippen LogP contribution >= 0.6 is 0 Å². The normalized spacial score (nSPS) is 48.5. The van der Waals surface area contributed by atoms with Gasteiger partial charge in [0.2, 0.25) is 0 Å². The van der Waals surface area contributed by atoms with Gasteiger partial charge >= 0.3 is 5.97 Å². The predicted molar refractivity (Wildman–Crippen MR) is 198 cm³/mol. The third kappa shape index (κ3) is 12.2. The molecule has 0 radical (unpaired) electrons. The molecule has 5 fully saturated rings. The molecule has 368 valence electrons. The lowest BCUT2D eigenvalue weighted by Gasteiger charge is -2.51. The number of hydrogen-bond acceptors (Lipinski definition) is 26. The Morgan fingerprint density at radius 3 is 1.38 bits per heavy atom. The number of carbonyl (C=O) groups is 1. The first-order valence-electron chi connectivity index (χ1n) is 20.8. The lowest BCUT2D eigenvalue weighted by molar-refractivity contribution is -0.410. The summed E-state index contributed by atoms with van der Waals surface area (Å²) in [5.74, 6) is -0.447. The zero-order chi connectivity index (χ0) is 46.4. The van der Waals surface area contributed by atoms with Gasteiger partial charge in [-0.25, -0.2) is 0 Å². The highest BCUT2D eigenvalue weighted by Crippen LogP contribution is 2.37. The second kappa shape index (κ2) is 23.5. The molecular weight excluding hydrogens is 860 g/mol. The molecule has 5 aliphatic heterocycles. The molecule has 63 heavy (non-hydrogen) atoms. The number of unbranched alkanes of at least 4 members (excludes halogenated alkanes) is 2. The molecule has 5 aliphatic rings. The Hall–Kier alpha value is -1.49. The van der Waals surface area contributed by atoms with E-state index in [1.165, 1.54) is 21.0 Å². The number of methoxy groups -OCH3 is 1. The summed E-state index contributed by atoms with van der Waals surface area (Å²) in [5, 5.41) is 148. The number of aliphatic hydroxyl groups excluding tert-OH is 14. The molecule has 0 aromatic heterocycles. The van der Waals surface area contributed by atoms with E-state index in [0.29, 0.717) is 12.8 Å². The second-order valence-corrected chi connectivity index (χ2v) is 16.2. The molecule has 26 nitrogen and oxygen atoms in total. The van der Waals surface area contributed by atoms with Crippen LogP contribution < -0.4 is 0 Å². The van der Waals surface area contributed by atoms with Crippen molar-refractivity contribution in [2.75, 3.05) is 33.5 Å². The fourth-order valence-corrected chi connectivity index (χ4v) is 7.75. The molecule has 5 rings (SSSR count). The van der Waals surface area contributed by atoms with Crippen LogP contribution in [-0.2, 0) is 56.9 Å². The minimum Gasteiger partial charge on any atom is -0.469 e. The molecule has 0 aromatic rings. The Balaban J connectivity index is 1.57. The van der Waals surface area contributed by atoms with Gasteiger partial charge in [-0.05, 0) is 26.7 Å². The van der Waals surface area contributed by atoms with E-state index < -0.39 is 179 Å². The van der Waals surface area contributed by atoms with Gasteiger partial charge in [0.25, 0.3) is 0 Å². The zero-order valence-corrected chi connectivity index (χ0v) is 34.8. The molecule has 0 amide bonds. The summed E-state index contributed by atoms with van der Waals surface area (Å²) in [6.45, 7) is 0.0836. The summed E-state index contributed by atoms with van der Waals surface area (Å²) in [6, 6.07) is 0. The molecule has 26 heteroatoms. The Bertz CT molecular complexity index is 1380. The van der Waals surface area contributed by atoms with Gasteiger partial charge in [-0.1, -0.05) is 6.42 Å². The molecule has 0 aliphatic carbocycles. The van der Waals surface area contributed by atoms with Gasteiger partial charge in [0.15, 0.2) is 31.5 Å². The lowest BCUT2D eigenvalue weighted by Crippen LogP contribution is -2.69. The minimum absolute atomic E-state index is 0.0935. The molecule has 14 N–H and O–H groups in total. The number of rotatable bonds is 18.